The predicted molar refractivity (Wildman–Crippen MR) is 235 cm³/mol. The summed E-state index contributed by atoms with van der Waals surface area (Å²) in [5, 5.41) is 7.10. The first-order valence-electron chi connectivity index (χ1n) is 19.3. The zero-order chi connectivity index (χ0) is 36.5. The number of thiophene rings is 1. The Kier molecular flexibility index (Phi) is 6.01. The SMILES string of the molecule is c1ccc2c(c1)-c1ccccc1C21c2ccccc2-c2c(N(c3cccc4ccccc34)c3cc4c5ccccc5sc4c4oc5ccccc5c34)cccc21. The van der Waals surface area contributed by atoms with Gasteiger partial charge in [-0.25, -0.2) is 0 Å². The molecular weight excluding hydrogens is 699 g/mol. The van der Waals surface area contributed by atoms with Crippen LogP contribution in [0.2, 0.25) is 0 Å². The average Bonchev–Trinajstić information content (AvgIpc) is 4.00. The van der Waals surface area contributed by atoms with Crippen LogP contribution in [0.25, 0.3) is 75.1 Å². The Morgan fingerprint density at radius 3 is 1.80 bits per heavy atom. The summed E-state index contributed by atoms with van der Waals surface area (Å²) >= 11 is 1.82. The van der Waals surface area contributed by atoms with E-state index in [-0.39, 0.29) is 0 Å². The molecule has 0 atom stereocenters. The van der Waals surface area contributed by atoms with Gasteiger partial charge in [0.15, 0.2) is 5.58 Å². The van der Waals surface area contributed by atoms with Crippen molar-refractivity contribution in [3.63, 3.8) is 0 Å². The van der Waals surface area contributed by atoms with Crippen molar-refractivity contribution in [2.45, 2.75) is 5.41 Å². The Labute approximate surface area is 327 Å². The number of fused-ring (bicyclic) bond motifs is 18. The van der Waals surface area contributed by atoms with Crippen molar-refractivity contribution < 1.29 is 4.42 Å². The molecule has 2 nitrogen and oxygen atoms in total. The van der Waals surface area contributed by atoms with E-state index < -0.39 is 5.41 Å². The van der Waals surface area contributed by atoms with Crippen LogP contribution in [0.5, 0.6) is 0 Å². The van der Waals surface area contributed by atoms with Crippen LogP contribution < -0.4 is 4.90 Å². The normalized spacial score (nSPS) is 13.5. The van der Waals surface area contributed by atoms with Gasteiger partial charge >= 0.3 is 0 Å². The van der Waals surface area contributed by atoms with E-state index in [2.05, 4.69) is 193 Å². The molecule has 0 aliphatic heterocycles. The van der Waals surface area contributed by atoms with Crippen LogP contribution in [-0.2, 0) is 5.41 Å². The van der Waals surface area contributed by atoms with E-state index in [4.69, 9.17) is 4.42 Å². The van der Waals surface area contributed by atoms with Crippen molar-refractivity contribution in [3.8, 4) is 22.3 Å². The summed E-state index contributed by atoms with van der Waals surface area (Å²) in [6.45, 7) is 0. The molecule has 0 saturated carbocycles. The molecule has 2 heterocycles. The molecule has 56 heavy (non-hydrogen) atoms. The maximum atomic E-state index is 6.93. The lowest BCUT2D eigenvalue weighted by atomic mass is 9.70. The highest BCUT2D eigenvalue weighted by Crippen LogP contribution is 2.65. The van der Waals surface area contributed by atoms with Gasteiger partial charge < -0.3 is 9.32 Å². The summed E-state index contributed by atoms with van der Waals surface area (Å²) in [4.78, 5) is 2.56. The van der Waals surface area contributed by atoms with Crippen LogP contribution in [0.3, 0.4) is 0 Å². The second-order valence-corrected chi connectivity index (χ2v) is 16.1. The molecule has 0 N–H and O–H groups in total. The second-order valence-electron chi connectivity index (χ2n) is 15.1. The topological polar surface area (TPSA) is 16.4 Å². The van der Waals surface area contributed by atoms with Gasteiger partial charge in [0.1, 0.15) is 5.58 Å². The zero-order valence-electron chi connectivity index (χ0n) is 30.2. The number of anilines is 3. The van der Waals surface area contributed by atoms with Crippen molar-refractivity contribution in [1.29, 1.82) is 0 Å². The first-order valence-corrected chi connectivity index (χ1v) is 20.1. The van der Waals surface area contributed by atoms with Crippen LogP contribution in [0.4, 0.5) is 17.1 Å². The van der Waals surface area contributed by atoms with Crippen molar-refractivity contribution in [2.24, 2.45) is 0 Å². The van der Waals surface area contributed by atoms with Crippen LogP contribution in [0, 0.1) is 0 Å². The van der Waals surface area contributed by atoms with Crippen LogP contribution in [0.1, 0.15) is 22.3 Å². The third-order valence-corrected chi connectivity index (χ3v) is 13.6. The molecule has 0 unspecified atom stereocenters. The van der Waals surface area contributed by atoms with E-state index in [0.717, 1.165) is 39.0 Å². The number of nitrogens with zero attached hydrogens (tertiary/aromatic N) is 1. The molecule has 0 amide bonds. The highest BCUT2D eigenvalue weighted by molar-refractivity contribution is 7.26. The third kappa shape index (κ3) is 3.75. The quantitative estimate of drug-likeness (QED) is 0.180. The highest BCUT2D eigenvalue weighted by atomic mass is 32.1. The fraction of sp³-hybridized carbons (Fsp3) is 0.0189. The van der Waals surface area contributed by atoms with Gasteiger partial charge in [0.05, 0.1) is 32.6 Å². The van der Waals surface area contributed by atoms with Crippen LogP contribution in [0.15, 0.2) is 192 Å². The lowest BCUT2D eigenvalue weighted by molar-refractivity contribution is 0.673. The lowest BCUT2D eigenvalue weighted by Gasteiger charge is -2.32. The minimum Gasteiger partial charge on any atom is -0.454 e. The number of furan rings is 1. The summed E-state index contributed by atoms with van der Waals surface area (Å²) in [6.07, 6.45) is 0. The average molecular weight is 730 g/mol. The van der Waals surface area contributed by atoms with E-state index in [1.807, 2.05) is 11.3 Å². The molecule has 13 rings (SSSR count). The molecule has 2 aromatic heterocycles. The highest BCUT2D eigenvalue weighted by Gasteiger charge is 2.52. The summed E-state index contributed by atoms with van der Waals surface area (Å²) in [6, 6.07) is 69.5. The van der Waals surface area contributed by atoms with E-state index in [1.54, 1.807) is 0 Å². The molecule has 2 aliphatic carbocycles. The summed E-state index contributed by atoms with van der Waals surface area (Å²) in [7, 11) is 0. The Bertz CT molecular complexity index is 3410. The van der Waals surface area contributed by atoms with Crippen molar-refractivity contribution in [2.75, 3.05) is 4.90 Å². The lowest BCUT2D eigenvalue weighted by Crippen LogP contribution is -2.26. The van der Waals surface area contributed by atoms with E-state index in [9.17, 15) is 0 Å². The fourth-order valence-electron chi connectivity index (χ4n) is 10.3. The molecule has 1 spiro atoms. The predicted octanol–water partition coefficient (Wildman–Crippen LogP) is 14.9. The number of hydrogen-bond donors (Lipinski definition) is 0. The number of para-hydroxylation sites is 1. The van der Waals surface area contributed by atoms with Crippen molar-refractivity contribution >= 4 is 81.3 Å². The number of rotatable bonds is 3. The van der Waals surface area contributed by atoms with E-state index in [1.165, 1.54) is 75.5 Å². The van der Waals surface area contributed by atoms with Crippen molar-refractivity contribution in [1.82, 2.24) is 0 Å². The molecule has 0 saturated heterocycles. The summed E-state index contributed by atoms with van der Waals surface area (Å²) in [5.41, 5.74) is 15.2. The fourth-order valence-corrected chi connectivity index (χ4v) is 11.5. The van der Waals surface area contributed by atoms with Gasteiger partial charge in [-0.1, -0.05) is 158 Å². The smallest absolute Gasteiger partial charge is 0.155 e. The van der Waals surface area contributed by atoms with Gasteiger partial charge in [-0.3, -0.25) is 0 Å². The van der Waals surface area contributed by atoms with Crippen molar-refractivity contribution in [3.05, 3.63) is 210 Å². The van der Waals surface area contributed by atoms with Gasteiger partial charge in [-0.05, 0) is 74.7 Å². The molecule has 9 aromatic carbocycles. The summed E-state index contributed by atoms with van der Waals surface area (Å²) < 4.78 is 9.37. The number of benzene rings is 9. The first-order chi connectivity index (χ1) is 27.8. The Balaban J connectivity index is 1.22. The minimum absolute atomic E-state index is 0.454. The molecule has 0 bridgehead atoms. The Hall–Kier alpha value is -6.94. The van der Waals surface area contributed by atoms with Gasteiger partial charge in [0.2, 0.25) is 0 Å². The molecule has 0 fully saturated rings. The van der Waals surface area contributed by atoms with E-state index in [0.29, 0.717) is 0 Å². The van der Waals surface area contributed by atoms with E-state index >= 15 is 0 Å². The monoisotopic (exact) mass is 729 g/mol. The molecule has 3 heteroatoms. The number of hydrogen-bond acceptors (Lipinski definition) is 3. The zero-order valence-corrected chi connectivity index (χ0v) is 31.0. The molecule has 260 valence electrons. The van der Waals surface area contributed by atoms with Gasteiger partial charge in [0.25, 0.3) is 0 Å². The maximum Gasteiger partial charge on any atom is 0.155 e. The molecule has 11 aromatic rings. The van der Waals surface area contributed by atoms with Gasteiger partial charge in [-0.15, -0.1) is 11.3 Å². The Morgan fingerprint density at radius 2 is 1.00 bits per heavy atom. The van der Waals surface area contributed by atoms with Gasteiger partial charge in [0, 0.05) is 31.8 Å². The maximum absolute atomic E-state index is 6.93. The first kappa shape index (κ1) is 30.4. The molecule has 2 aliphatic rings. The standard InChI is InChI=1S/C53H31NOS/c1-2-17-33-32(15-1)16-13-27-44(33)54(46-31-39-36-20-7-12-30-48(36)56-52(39)51-50(46)38-22-6-11-29-47(38)55-51)45-28-14-26-43-49(45)37-21-5-10-25-42(37)53(43)40-23-8-3-18-34(40)35-19-4-9-24-41(35)53/h1-31H. The van der Waals surface area contributed by atoms with Crippen LogP contribution in [-0.4, -0.2) is 0 Å². The Morgan fingerprint density at radius 1 is 0.429 bits per heavy atom. The van der Waals surface area contributed by atoms with Crippen LogP contribution >= 0.6 is 11.3 Å². The largest absolute Gasteiger partial charge is 0.454 e. The summed E-state index contributed by atoms with van der Waals surface area (Å²) in [5.74, 6) is 0. The second kappa shape index (κ2) is 11.1. The minimum atomic E-state index is -0.454. The molecule has 0 radical (unpaired) electrons. The molecular formula is C53H31NOS. The third-order valence-electron chi connectivity index (χ3n) is 12.5. The van der Waals surface area contributed by atoms with Gasteiger partial charge in [-0.2, -0.15) is 0 Å².